The topological polar surface area (TPSA) is 62.2 Å². The van der Waals surface area contributed by atoms with Crippen molar-refractivity contribution in [3.8, 4) is 0 Å². The summed E-state index contributed by atoms with van der Waals surface area (Å²) >= 11 is 4.72. The van der Waals surface area contributed by atoms with Crippen molar-refractivity contribution in [2.45, 2.75) is 13.8 Å². The fourth-order valence-electron chi connectivity index (χ4n) is 1.64. The van der Waals surface area contributed by atoms with E-state index in [9.17, 15) is 4.79 Å². The third-order valence-electron chi connectivity index (χ3n) is 2.45. The van der Waals surface area contributed by atoms with E-state index in [2.05, 4.69) is 26.2 Å². The van der Waals surface area contributed by atoms with Gasteiger partial charge in [-0.15, -0.1) is 11.3 Å². The van der Waals surface area contributed by atoms with E-state index in [-0.39, 0.29) is 5.69 Å². The average Bonchev–Trinajstić information content (AvgIpc) is 2.71. The van der Waals surface area contributed by atoms with E-state index in [1.807, 2.05) is 26.0 Å². The van der Waals surface area contributed by atoms with Gasteiger partial charge in [0.2, 0.25) is 0 Å². The molecular formula is C12H11BrN2O2S. The van der Waals surface area contributed by atoms with Gasteiger partial charge in [0.25, 0.3) is 0 Å². The van der Waals surface area contributed by atoms with Gasteiger partial charge in [0, 0.05) is 15.5 Å². The van der Waals surface area contributed by atoms with Crippen LogP contribution in [0.3, 0.4) is 0 Å². The van der Waals surface area contributed by atoms with E-state index in [0.717, 1.165) is 21.3 Å². The van der Waals surface area contributed by atoms with Crippen LogP contribution < -0.4 is 5.32 Å². The van der Waals surface area contributed by atoms with Crippen LogP contribution in [-0.2, 0) is 0 Å². The molecule has 0 saturated heterocycles. The van der Waals surface area contributed by atoms with Crippen LogP contribution in [0, 0.1) is 13.8 Å². The minimum absolute atomic E-state index is 0.0647. The lowest BCUT2D eigenvalue weighted by Crippen LogP contribution is -1.99. The van der Waals surface area contributed by atoms with Gasteiger partial charge in [-0.25, -0.2) is 9.78 Å². The number of thiazole rings is 1. The monoisotopic (exact) mass is 326 g/mol. The normalized spacial score (nSPS) is 10.4. The van der Waals surface area contributed by atoms with Crippen LogP contribution in [0.4, 0.5) is 10.8 Å². The Morgan fingerprint density at radius 1 is 1.39 bits per heavy atom. The van der Waals surface area contributed by atoms with Gasteiger partial charge in [-0.1, -0.05) is 15.9 Å². The Morgan fingerprint density at radius 2 is 2.00 bits per heavy atom. The molecule has 94 valence electrons. The number of nitrogens with one attached hydrogen (secondary N) is 1. The molecule has 1 aromatic carbocycles. The number of carboxylic acid groups (broad SMARTS) is 1. The van der Waals surface area contributed by atoms with E-state index in [1.165, 1.54) is 16.7 Å². The van der Waals surface area contributed by atoms with Crippen LogP contribution >= 0.6 is 27.3 Å². The van der Waals surface area contributed by atoms with Crippen LogP contribution in [0.2, 0.25) is 0 Å². The molecule has 0 unspecified atom stereocenters. The number of carboxylic acids is 1. The van der Waals surface area contributed by atoms with Gasteiger partial charge in [-0.2, -0.15) is 0 Å². The predicted octanol–water partition coefficient (Wildman–Crippen LogP) is 3.96. The predicted molar refractivity (Wildman–Crippen MR) is 76.0 cm³/mol. The number of anilines is 2. The van der Waals surface area contributed by atoms with Gasteiger partial charge >= 0.3 is 5.97 Å². The molecule has 18 heavy (non-hydrogen) atoms. The second-order valence-electron chi connectivity index (χ2n) is 3.88. The fraction of sp³-hybridized carbons (Fsp3) is 0.167. The van der Waals surface area contributed by atoms with Crippen molar-refractivity contribution in [1.29, 1.82) is 0 Å². The van der Waals surface area contributed by atoms with Crippen LogP contribution in [0.25, 0.3) is 0 Å². The molecule has 2 aromatic rings. The van der Waals surface area contributed by atoms with Gasteiger partial charge in [0.05, 0.1) is 0 Å². The number of hydrogen-bond donors (Lipinski definition) is 2. The number of aryl methyl sites for hydroxylation is 2. The molecule has 0 radical (unpaired) electrons. The summed E-state index contributed by atoms with van der Waals surface area (Å²) in [4.78, 5) is 14.8. The summed E-state index contributed by atoms with van der Waals surface area (Å²) in [5.41, 5.74) is 3.18. The number of rotatable bonds is 3. The average molecular weight is 327 g/mol. The van der Waals surface area contributed by atoms with Crippen molar-refractivity contribution in [3.63, 3.8) is 0 Å². The molecule has 0 aliphatic rings. The van der Waals surface area contributed by atoms with Crippen LogP contribution in [0.15, 0.2) is 22.0 Å². The van der Waals surface area contributed by atoms with Crippen LogP contribution in [-0.4, -0.2) is 16.1 Å². The molecule has 1 aromatic heterocycles. The molecule has 4 nitrogen and oxygen atoms in total. The van der Waals surface area contributed by atoms with E-state index in [4.69, 9.17) is 5.11 Å². The highest BCUT2D eigenvalue weighted by atomic mass is 79.9. The smallest absolute Gasteiger partial charge is 0.355 e. The van der Waals surface area contributed by atoms with Crippen molar-refractivity contribution in [1.82, 2.24) is 4.98 Å². The van der Waals surface area contributed by atoms with Gasteiger partial charge in [-0.05, 0) is 37.1 Å². The number of carbonyl (C=O) groups is 1. The van der Waals surface area contributed by atoms with Crippen molar-refractivity contribution in [2.75, 3.05) is 5.32 Å². The molecule has 0 fully saturated rings. The Labute approximate surface area is 117 Å². The molecule has 0 aliphatic carbocycles. The largest absolute Gasteiger partial charge is 0.476 e. The summed E-state index contributed by atoms with van der Waals surface area (Å²) in [5.74, 6) is -1.01. The first-order chi connectivity index (χ1) is 8.47. The van der Waals surface area contributed by atoms with Crippen molar-refractivity contribution in [2.24, 2.45) is 0 Å². The Bertz CT molecular complexity index is 587. The summed E-state index contributed by atoms with van der Waals surface area (Å²) < 4.78 is 1.02. The quantitative estimate of drug-likeness (QED) is 0.896. The third kappa shape index (κ3) is 2.70. The van der Waals surface area contributed by atoms with Crippen LogP contribution in [0.5, 0.6) is 0 Å². The number of halogens is 1. The highest BCUT2D eigenvalue weighted by molar-refractivity contribution is 9.10. The molecule has 0 saturated carbocycles. The van der Waals surface area contributed by atoms with E-state index < -0.39 is 5.97 Å². The maximum absolute atomic E-state index is 10.8. The maximum Gasteiger partial charge on any atom is 0.355 e. The molecular weight excluding hydrogens is 316 g/mol. The molecule has 0 bridgehead atoms. The minimum atomic E-state index is -1.01. The standard InChI is InChI=1S/C12H11BrN2O2S/c1-6-3-8(13)4-7(2)10(6)15-12-14-9(5-18-12)11(16)17/h3-5H,1-2H3,(H,14,15)(H,16,17). The van der Waals surface area contributed by atoms with E-state index in [1.54, 1.807) is 0 Å². The first-order valence-corrected chi connectivity index (χ1v) is 6.87. The lowest BCUT2D eigenvalue weighted by atomic mass is 10.1. The Balaban J connectivity index is 2.31. The first-order valence-electron chi connectivity index (χ1n) is 5.20. The SMILES string of the molecule is Cc1cc(Br)cc(C)c1Nc1nc(C(=O)O)cs1. The van der Waals surface area contributed by atoms with Gasteiger partial charge < -0.3 is 10.4 Å². The van der Waals surface area contributed by atoms with Gasteiger partial charge in [-0.3, -0.25) is 0 Å². The molecule has 0 amide bonds. The van der Waals surface area contributed by atoms with Gasteiger partial charge in [0.1, 0.15) is 0 Å². The highest BCUT2D eigenvalue weighted by Gasteiger charge is 2.10. The summed E-state index contributed by atoms with van der Waals surface area (Å²) in [6.45, 7) is 3.98. The second-order valence-corrected chi connectivity index (χ2v) is 5.66. The van der Waals surface area contributed by atoms with E-state index in [0.29, 0.717) is 5.13 Å². The Hall–Kier alpha value is -1.40. The highest BCUT2D eigenvalue weighted by Crippen LogP contribution is 2.29. The molecule has 2 rings (SSSR count). The third-order valence-corrected chi connectivity index (χ3v) is 3.67. The summed E-state index contributed by atoms with van der Waals surface area (Å²) in [5, 5.41) is 14.1. The molecule has 1 heterocycles. The van der Waals surface area contributed by atoms with Crippen molar-refractivity contribution in [3.05, 3.63) is 38.8 Å². The maximum atomic E-state index is 10.8. The first kappa shape index (κ1) is 13.0. The number of nitrogens with zero attached hydrogens (tertiary/aromatic N) is 1. The summed E-state index contributed by atoms with van der Waals surface area (Å²) in [7, 11) is 0. The Kier molecular flexibility index (Phi) is 3.68. The fourth-order valence-corrected chi connectivity index (χ4v) is 3.02. The summed E-state index contributed by atoms with van der Waals surface area (Å²) in [6, 6.07) is 4.00. The molecule has 0 spiro atoms. The number of aromatic nitrogens is 1. The minimum Gasteiger partial charge on any atom is -0.476 e. The summed E-state index contributed by atoms with van der Waals surface area (Å²) in [6.07, 6.45) is 0. The zero-order valence-corrected chi connectivity index (χ0v) is 12.2. The van der Waals surface area contributed by atoms with Crippen LogP contribution in [0.1, 0.15) is 21.6 Å². The number of hydrogen-bond acceptors (Lipinski definition) is 4. The van der Waals surface area contributed by atoms with Crippen molar-refractivity contribution >= 4 is 44.1 Å². The number of aromatic carboxylic acids is 1. The van der Waals surface area contributed by atoms with E-state index >= 15 is 0 Å². The molecule has 6 heteroatoms. The zero-order valence-electron chi connectivity index (χ0n) is 9.82. The number of benzene rings is 1. The molecule has 0 aliphatic heterocycles. The zero-order chi connectivity index (χ0) is 13.3. The lowest BCUT2D eigenvalue weighted by molar-refractivity contribution is 0.0691. The second kappa shape index (κ2) is 5.07. The Morgan fingerprint density at radius 3 is 2.50 bits per heavy atom. The van der Waals surface area contributed by atoms with Crippen molar-refractivity contribution < 1.29 is 9.90 Å². The molecule has 0 atom stereocenters. The molecule has 2 N–H and O–H groups in total. The lowest BCUT2D eigenvalue weighted by Gasteiger charge is -2.11. The van der Waals surface area contributed by atoms with Gasteiger partial charge in [0.15, 0.2) is 10.8 Å².